The minimum Gasteiger partial charge on any atom is -0.308 e. The third kappa shape index (κ3) is 3.39. The molecule has 0 saturated heterocycles. The highest BCUT2D eigenvalue weighted by Gasteiger charge is 2.31. The summed E-state index contributed by atoms with van der Waals surface area (Å²) in [4.78, 5) is 3.87. The van der Waals surface area contributed by atoms with Crippen LogP contribution in [0, 0.1) is 12.7 Å². The summed E-state index contributed by atoms with van der Waals surface area (Å²) in [6.07, 6.45) is -3.61. The van der Waals surface area contributed by atoms with Crippen molar-refractivity contribution in [3.05, 3.63) is 64.7 Å². The third-order valence-corrected chi connectivity index (χ3v) is 3.21. The van der Waals surface area contributed by atoms with Gasteiger partial charge in [0.25, 0.3) is 0 Å². The van der Waals surface area contributed by atoms with E-state index in [1.165, 1.54) is 12.1 Å². The van der Waals surface area contributed by atoms with Crippen LogP contribution in [0.1, 0.15) is 28.4 Å². The fourth-order valence-corrected chi connectivity index (χ4v) is 2.08. The van der Waals surface area contributed by atoms with Crippen molar-refractivity contribution in [3.8, 4) is 0 Å². The van der Waals surface area contributed by atoms with Crippen LogP contribution in [-0.4, -0.2) is 12.0 Å². The average Bonchev–Trinajstić information content (AvgIpc) is 2.43. The molecule has 1 atom stereocenters. The van der Waals surface area contributed by atoms with E-state index >= 15 is 0 Å². The molecule has 0 bridgehead atoms. The standard InChI is InChI=1S/C15H14F4N2/c1-9-7-10(3-5-12(9)16)14(20-2)13-6-4-11(8-21-13)15(17,18)19/h3-8,14,20H,1-2H3. The van der Waals surface area contributed by atoms with Crippen LogP contribution in [0.3, 0.4) is 0 Å². The van der Waals surface area contributed by atoms with Crippen molar-refractivity contribution < 1.29 is 17.6 Å². The van der Waals surface area contributed by atoms with E-state index in [0.29, 0.717) is 11.3 Å². The SMILES string of the molecule is CNC(c1ccc(F)c(C)c1)c1ccc(C(F)(F)F)cn1. The van der Waals surface area contributed by atoms with Gasteiger partial charge in [0.15, 0.2) is 0 Å². The molecule has 0 spiro atoms. The average molecular weight is 298 g/mol. The highest BCUT2D eigenvalue weighted by molar-refractivity contribution is 5.32. The number of aromatic nitrogens is 1. The Bertz CT molecular complexity index is 621. The van der Waals surface area contributed by atoms with Gasteiger partial charge in [-0.1, -0.05) is 12.1 Å². The second-order valence-corrected chi connectivity index (χ2v) is 4.70. The van der Waals surface area contributed by atoms with Gasteiger partial charge in [-0.05, 0) is 43.3 Å². The Balaban J connectivity index is 2.35. The first kappa shape index (κ1) is 15.4. The van der Waals surface area contributed by atoms with Crippen molar-refractivity contribution in [1.82, 2.24) is 10.3 Å². The van der Waals surface area contributed by atoms with Crippen molar-refractivity contribution in [1.29, 1.82) is 0 Å². The molecule has 0 aliphatic heterocycles. The maximum atomic E-state index is 13.3. The van der Waals surface area contributed by atoms with Crippen LogP contribution in [0.5, 0.6) is 0 Å². The first-order valence-corrected chi connectivity index (χ1v) is 6.29. The van der Waals surface area contributed by atoms with E-state index in [-0.39, 0.29) is 5.82 Å². The topological polar surface area (TPSA) is 24.9 Å². The van der Waals surface area contributed by atoms with E-state index in [4.69, 9.17) is 0 Å². The Morgan fingerprint density at radius 3 is 2.33 bits per heavy atom. The van der Waals surface area contributed by atoms with Gasteiger partial charge in [0.05, 0.1) is 17.3 Å². The quantitative estimate of drug-likeness (QED) is 0.870. The number of hydrogen-bond donors (Lipinski definition) is 1. The molecule has 1 aromatic heterocycles. The van der Waals surface area contributed by atoms with Crippen LogP contribution in [0.4, 0.5) is 17.6 Å². The van der Waals surface area contributed by atoms with E-state index < -0.39 is 17.8 Å². The molecule has 0 amide bonds. The molecule has 2 rings (SSSR count). The Morgan fingerprint density at radius 2 is 1.86 bits per heavy atom. The number of benzene rings is 1. The molecule has 1 N–H and O–H groups in total. The molecule has 0 radical (unpaired) electrons. The minimum absolute atomic E-state index is 0.325. The maximum absolute atomic E-state index is 13.3. The van der Waals surface area contributed by atoms with Gasteiger partial charge in [-0.3, -0.25) is 4.98 Å². The van der Waals surface area contributed by atoms with E-state index in [0.717, 1.165) is 17.8 Å². The lowest BCUT2D eigenvalue weighted by atomic mass is 10.0. The Kier molecular flexibility index (Phi) is 4.27. The number of nitrogens with one attached hydrogen (secondary N) is 1. The van der Waals surface area contributed by atoms with Crippen LogP contribution >= 0.6 is 0 Å². The summed E-state index contributed by atoms with van der Waals surface area (Å²) in [6.45, 7) is 1.63. The van der Waals surface area contributed by atoms with Crippen molar-refractivity contribution in [2.24, 2.45) is 0 Å². The van der Waals surface area contributed by atoms with Gasteiger partial charge in [-0.25, -0.2) is 4.39 Å². The molecule has 112 valence electrons. The van der Waals surface area contributed by atoms with Gasteiger partial charge in [-0.2, -0.15) is 13.2 Å². The van der Waals surface area contributed by atoms with E-state index in [2.05, 4.69) is 10.3 Å². The summed E-state index contributed by atoms with van der Waals surface area (Å²) in [5, 5.41) is 2.97. The highest BCUT2D eigenvalue weighted by atomic mass is 19.4. The van der Waals surface area contributed by atoms with Crippen molar-refractivity contribution in [2.45, 2.75) is 19.1 Å². The summed E-state index contributed by atoms with van der Waals surface area (Å²) in [7, 11) is 1.67. The number of alkyl halides is 3. The number of nitrogens with zero attached hydrogens (tertiary/aromatic N) is 1. The second kappa shape index (κ2) is 5.81. The normalized spacial score (nSPS) is 13.2. The van der Waals surface area contributed by atoms with Crippen molar-refractivity contribution in [3.63, 3.8) is 0 Å². The Hall–Kier alpha value is -1.95. The lowest BCUT2D eigenvalue weighted by Crippen LogP contribution is -2.19. The number of rotatable bonds is 3. The van der Waals surface area contributed by atoms with E-state index in [1.807, 2.05) is 0 Å². The van der Waals surface area contributed by atoms with E-state index in [1.54, 1.807) is 26.1 Å². The Labute approximate surface area is 119 Å². The van der Waals surface area contributed by atoms with E-state index in [9.17, 15) is 17.6 Å². The lowest BCUT2D eigenvalue weighted by molar-refractivity contribution is -0.137. The lowest BCUT2D eigenvalue weighted by Gasteiger charge is -2.17. The first-order valence-electron chi connectivity index (χ1n) is 6.29. The summed E-state index contributed by atoms with van der Waals surface area (Å²) in [6, 6.07) is 6.48. The molecular weight excluding hydrogens is 284 g/mol. The Morgan fingerprint density at radius 1 is 1.14 bits per heavy atom. The van der Waals surface area contributed by atoms with Gasteiger partial charge >= 0.3 is 6.18 Å². The molecule has 2 nitrogen and oxygen atoms in total. The summed E-state index contributed by atoms with van der Waals surface area (Å²) in [5.41, 5.74) is 0.858. The second-order valence-electron chi connectivity index (χ2n) is 4.70. The number of pyridine rings is 1. The zero-order valence-corrected chi connectivity index (χ0v) is 11.5. The fraction of sp³-hybridized carbons (Fsp3) is 0.267. The molecule has 1 aromatic carbocycles. The molecule has 1 unspecified atom stereocenters. The molecule has 0 saturated carbocycles. The summed E-state index contributed by atoms with van der Waals surface area (Å²) < 4.78 is 50.9. The third-order valence-electron chi connectivity index (χ3n) is 3.21. The van der Waals surface area contributed by atoms with Crippen LogP contribution < -0.4 is 5.32 Å². The van der Waals surface area contributed by atoms with Gasteiger partial charge in [0.2, 0.25) is 0 Å². The van der Waals surface area contributed by atoms with Crippen LogP contribution in [-0.2, 0) is 6.18 Å². The maximum Gasteiger partial charge on any atom is 0.417 e. The molecule has 2 aromatic rings. The smallest absolute Gasteiger partial charge is 0.308 e. The predicted molar refractivity (Wildman–Crippen MR) is 71.3 cm³/mol. The molecule has 0 fully saturated rings. The molecule has 0 aliphatic carbocycles. The zero-order valence-electron chi connectivity index (χ0n) is 11.5. The first-order chi connectivity index (χ1) is 9.82. The van der Waals surface area contributed by atoms with Gasteiger partial charge < -0.3 is 5.32 Å². The fourth-order valence-electron chi connectivity index (χ4n) is 2.08. The predicted octanol–water partition coefficient (Wildman–Crippen LogP) is 3.86. The van der Waals surface area contributed by atoms with Crippen molar-refractivity contribution >= 4 is 0 Å². The molecule has 1 heterocycles. The molecule has 6 heteroatoms. The van der Waals surface area contributed by atoms with Gasteiger partial charge in [0, 0.05) is 6.20 Å². The van der Waals surface area contributed by atoms with Crippen molar-refractivity contribution in [2.75, 3.05) is 7.05 Å². The zero-order chi connectivity index (χ0) is 15.6. The van der Waals surface area contributed by atoms with Gasteiger partial charge in [-0.15, -0.1) is 0 Å². The minimum atomic E-state index is -4.41. The highest BCUT2D eigenvalue weighted by Crippen LogP contribution is 2.30. The van der Waals surface area contributed by atoms with Crippen LogP contribution in [0.15, 0.2) is 36.5 Å². The summed E-state index contributed by atoms with van der Waals surface area (Å²) >= 11 is 0. The number of hydrogen-bond acceptors (Lipinski definition) is 2. The summed E-state index contributed by atoms with van der Waals surface area (Å²) in [5.74, 6) is -0.325. The largest absolute Gasteiger partial charge is 0.417 e. The molecular formula is C15H14F4N2. The van der Waals surface area contributed by atoms with Crippen LogP contribution in [0.2, 0.25) is 0 Å². The number of halogens is 4. The van der Waals surface area contributed by atoms with Gasteiger partial charge in [0.1, 0.15) is 5.82 Å². The number of aryl methyl sites for hydroxylation is 1. The molecule has 21 heavy (non-hydrogen) atoms. The van der Waals surface area contributed by atoms with Crippen LogP contribution in [0.25, 0.3) is 0 Å². The molecule has 0 aliphatic rings. The monoisotopic (exact) mass is 298 g/mol.